The maximum Gasteiger partial charge on any atom is 0.340 e. The predicted octanol–water partition coefficient (Wildman–Crippen LogP) is 3.46. The summed E-state index contributed by atoms with van der Waals surface area (Å²) in [6.45, 7) is 4.40. The summed E-state index contributed by atoms with van der Waals surface area (Å²) in [6, 6.07) is 4.82. The number of nitrogens with two attached hydrogens (primary N) is 1. The number of nitrogen functional groups attached to an aromatic ring is 1. The van der Waals surface area contributed by atoms with Crippen LogP contribution in [0.3, 0.4) is 0 Å². The minimum atomic E-state index is -0.549. The quantitative estimate of drug-likeness (QED) is 0.689. The van der Waals surface area contributed by atoms with E-state index in [1.807, 2.05) is 6.92 Å². The lowest BCUT2D eigenvalue weighted by Gasteiger charge is -2.09. The fourth-order valence-corrected chi connectivity index (χ4v) is 2.30. The number of carbonyl (C=O) groups excluding carboxylic acids is 1. The third kappa shape index (κ3) is 3.14. The number of hydrogen-bond donors (Lipinski definition) is 1. The van der Waals surface area contributed by atoms with Crippen molar-refractivity contribution in [2.45, 2.75) is 27.0 Å². The zero-order chi connectivity index (χ0) is 15.6. The number of anilines is 1. The molecule has 0 aliphatic rings. The van der Waals surface area contributed by atoms with E-state index in [1.54, 1.807) is 29.8 Å². The SMILES string of the molecule is CCn1nc(C)c(Cl)c1COC(=O)c1cccc(Cl)c1N. The summed E-state index contributed by atoms with van der Waals surface area (Å²) in [5.74, 6) is -0.549. The van der Waals surface area contributed by atoms with Crippen molar-refractivity contribution in [3.05, 3.63) is 45.2 Å². The molecule has 0 fully saturated rings. The lowest BCUT2D eigenvalue weighted by molar-refractivity contribution is 0.0464. The van der Waals surface area contributed by atoms with Gasteiger partial charge in [-0.05, 0) is 26.0 Å². The highest BCUT2D eigenvalue weighted by atomic mass is 35.5. The molecule has 0 bridgehead atoms. The normalized spacial score (nSPS) is 10.7. The second-order valence-electron chi connectivity index (χ2n) is 4.44. The largest absolute Gasteiger partial charge is 0.455 e. The van der Waals surface area contributed by atoms with Crippen LogP contribution in [0.2, 0.25) is 10.0 Å². The third-order valence-electron chi connectivity index (χ3n) is 3.07. The van der Waals surface area contributed by atoms with Gasteiger partial charge in [0.15, 0.2) is 0 Å². The first-order valence-corrected chi connectivity index (χ1v) is 7.14. The number of hydrogen-bond acceptors (Lipinski definition) is 4. The van der Waals surface area contributed by atoms with Crippen molar-refractivity contribution < 1.29 is 9.53 Å². The number of rotatable bonds is 4. The summed E-state index contributed by atoms with van der Waals surface area (Å²) in [4.78, 5) is 12.1. The summed E-state index contributed by atoms with van der Waals surface area (Å²) in [5.41, 5.74) is 7.56. The number of benzene rings is 1. The summed E-state index contributed by atoms with van der Waals surface area (Å²) in [6.07, 6.45) is 0. The average molecular weight is 328 g/mol. The molecular weight excluding hydrogens is 313 g/mol. The van der Waals surface area contributed by atoms with Crippen LogP contribution in [0.4, 0.5) is 5.69 Å². The number of para-hydroxylation sites is 1. The molecule has 0 aliphatic carbocycles. The Balaban J connectivity index is 2.17. The molecule has 112 valence electrons. The molecule has 0 saturated carbocycles. The standard InChI is InChI=1S/C14H15Cl2N3O2/c1-3-19-11(12(16)8(2)18-19)7-21-14(20)9-5-4-6-10(15)13(9)17/h4-6H,3,7,17H2,1-2H3. The van der Waals surface area contributed by atoms with Crippen LogP contribution in [0.15, 0.2) is 18.2 Å². The van der Waals surface area contributed by atoms with Gasteiger partial charge in [-0.2, -0.15) is 5.10 Å². The number of carbonyl (C=O) groups is 1. The second-order valence-corrected chi connectivity index (χ2v) is 5.22. The summed E-state index contributed by atoms with van der Waals surface area (Å²) in [7, 11) is 0. The van der Waals surface area contributed by atoms with E-state index in [4.69, 9.17) is 33.7 Å². The third-order valence-corrected chi connectivity index (χ3v) is 3.89. The van der Waals surface area contributed by atoms with Gasteiger partial charge in [-0.15, -0.1) is 0 Å². The van der Waals surface area contributed by atoms with Gasteiger partial charge >= 0.3 is 5.97 Å². The maximum atomic E-state index is 12.1. The van der Waals surface area contributed by atoms with Crippen molar-refractivity contribution in [1.82, 2.24) is 9.78 Å². The second kappa shape index (κ2) is 6.37. The topological polar surface area (TPSA) is 70.1 Å². The molecule has 21 heavy (non-hydrogen) atoms. The Morgan fingerprint density at radius 1 is 1.43 bits per heavy atom. The fraction of sp³-hybridized carbons (Fsp3) is 0.286. The number of aromatic nitrogens is 2. The molecule has 0 aliphatic heterocycles. The van der Waals surface area contributed by atoms with Gasteiger partial charge < -0.3 is 10.5 Å². The van der Waals surface area contributed by atoms with Crippen molar-refractivity contribution in [3.8, 4) is 0 Å². The zero-order valence-electron chi connectivity index (χ0n) is 11.7. The first-order chi connectivity index (χ1) is 9.95. The number of halogens is 2. The van der Waals surface area contributed by atoms with Gasteiger partial charge in [0.05, 0.1) is 32.7 Å². The molecule has 2 N–H and O–H groups in total. The summed E-state index contributed by atoms with van der Waals surface area (Å²) < 4.78 is 6.96. The van der Waals surface area contributed by atoms with E-state index in [2.05, 4.69) is 5.10 Å². The van der Waals surface area contributed by atoms with E-state index in [0.29, 0.717) is 28.0 Å². The maximum absolute atomic E-state index is 12.1. The Morgan fingerprint density at radius 2 is 2.14 bits per heavy atom. The Bertz CT molecular complexity index is 683. The van der Waals surface area contributed by atoms with Gasteiger partial charge in [-0.3, -0.25) is 4.68 Å². The molecule has 0 unspecified atom stereocenters. The Morgan fingerprint density at radius 3 is 2.81 bits per heavy atom. The van der Waals surface area contributed by atoms with Crippen molar-refractivity contribution in [2.24, 2.45) is 0 Å². The molecule has 0 atom stereocenters. The molecule has 2 rings (SSSR count). The van der Waals surface area contributed by atoms with Gasteiger partial charge in [0, 0.05) is 6.54 Å². The van der Waals surface area contributed by atoms with E-state index < -0.39 is 5.97 Å². The number of ether oxygens (including phenoxy) is 1. The Kier molecular flexibility index (Phi) is 4.75. The minimum absolute atomic E-state index is 0.0261. The fourth-order valence-electron chi connectivity index (χ4n) is 1.93. The summed E-state index contributed by atoms with van der Waals surface area (Å²) >= 11 is 12.0. The molecule has 5 nitrogen and oxygen atoms in total. The van der Waals surface area contributed by atoms with Crippen molar-refractivity contribution in [3.63, 3.8) is 0 Å². The van der Waals surface area contributed by atoms with Crippen LogP contribution in [0.25, 0.3) is 0 Å². The van der Waals surface area contributed by atoms with Gasteiger partial charge in [0.25, 0.3) is 0 Å². The highest BCUT2D eigenvalue weighted by Gasteiger charge is 2.17. The molecule has 1 aromatic heterocycles. The van der Waals surface area contributed by atoms with Gasteiger partial charge in [0.1, 0.15) is 6.61 Å². The van der Waals surface area contributed by atoms with Crippen LogP contribution in [0.5, 0.6) is 0 Å². The van der Waals surface area contributed by atoms with E-state index in [1.165, 1.54) is 0 Å². The first-order valence-electron chi connectivity index (χ1n) is 6.38. The van der Waals surface area contributed by atoms with Gasteiger partial charge in [-0.25, -0.2) is 4.79 Å². The predicted molar refractivity (Wildman–Crippen MR) is 82.6 cm³/mol. The molecular formula is C14H15Cl2N3O2. The monoisotopic (exact) mass is 327 g/mol. The lowest BCUT2D eigenvalue weighted by atomic mass is 10.2. The van der Waals surface area contributed by atoms with E-state index in [-0.39, 0.29) is 17.9 Å². The zero-order valence-corrected chi connectivity index (χ0v) is 13.2. The first kappa shape index (κ1) is 15.7. The molecule has 2 aromatic rings. The van der Waals surface area contributed by atoms with Crippen molar-refractivity contribution in [2.75, 3.05) is 5.73 Å². The molecule has 1 heterocycles. The smallest absolute Gasteiger partial charge is 0.340 e. The Labute approximate surface area is 132 Å². The van der Waals surface area contributed by atoms with E-state index in [0.717, 1.165) is 0 Å². The van der Waals surface area contributed by atoms with E-state index >= 15 is 0 Å². The van der Waals surface area contributed by atoms with Crippen molar-refractivity contribution in [1.29, 1.82) is 0 Å². The molecule has 0 spiro atoms. The van der Waals surface area contributed by atoms with Crippen LogP contribution in [-0.4, -0.2) is 15.7 Å². The van der Waals surface area contributed by atoms with Gasteiger partial charge in [-0.1, -0.05) is 29.3 Å². The molecule has 0 saturated heterocycles. The average Bonchev–Trinajstić information content (AvgIpc) is 2.74. The van der Waals surface area contributed by atoms with Crippen LogP contribution < -0.4 is 5.73 Å². The molecule has 1 aromatic carbocycles. The van der Waals surface area contributed by atoms with Crippen LogP contribution in [0, 0.1) is 6.92 Å². The highest BCUT2D eigenvalue weighted by molar-refractivity contribution is 6.33. The number of esters is 1. The number of nitrogens with zero attached hydrogens (tertiary/aromatic N) is 2. The molecule has 7 heteroatoms. The Hall–Kier alpha value is -1.72. The van der Waals surface area contributed by atoms with Crippen molar-refractivity contribution >= 4 is 34.9 Å². The van der Waals surface area contributed by atoms with E-state index in [9.17, 15) is 4.79 Å². The summed E-state index contributed by atoms with van der Waals surface area (Å²) in [5, 5.41) is 5.08. The van der Waals surface area contributed by atoms with Crippen LogP contribution in [0.1, 0.15) is 28.7 Å². The lowest BCUT2D eigenvalue weighted by Crippen LogP contribution is -2.11. The molecule has 0 amide bonds. The molecule has 0 radical (unpaired) electrons. The van der Waals surface area contributed by atoms with Gasteiger partial charge in [0.2, 0.25) is 0 Å². The van der Waals surface area contributed by atoms with Crippen LogP contribution in [-0.2, 0) is 17.9 Å². The minimum Gasteiger partial charge on any atom is -0.455 e. The highest BCUT2D eigenvalue weighted by Crippen LogP contribution is 2.25. The van der Waals surface area contributed by atoms with Crippen LogP contribution >= 0.6 is 23.2 Å². The number of aryl methyl sites for hydroxylation is 2.